The van der Waals surface area contributed by atoms with E-state index in [1.165, 1.54) is 30.3 Å². The van der Waals surface area contributed by atoms with E-state index in [9.17, 15) is 40.3 Å². The topological polar surface area (TPSA) is 93.6 Å². The Morgan fingerprint density at radius 3 is 2.48 bits per heavy atom. The number of rotatable bonds is 6. The highest BCUT2D eigenvalue weighted by Crippen LogP contribution is 2.38. The number of hydrogen-bond donors (Lipinski definition) is 0. The zero-order valence-electron chi connectivity index (χ0n) is 22.9. The maximum atomic E-state index is 13.8. The van der Waals surface area contributed by atoms with Gasteiger partial charge in [-0.1, -0.05) is 12.1 Å². The second-order valence-electron chi connectivity index (χ2n) is 11.2. The van der Waals surface area contributed by atoms with E-state index in [0.29, 0.717) is 19.4 Å². The van der Waals surface area contributed by atoms with Gasteiger partial charge in [0.15, 0.2) is 9.84 Å². The van der Waals surface area contributed by atoms with Gasteiger partial charge in [-0.05, 0) is 50.1 Å². The fourth-order valence-electron chi connectivity index (χ4n) is 6.02. The SMILES string of the molecule is CC1CC(N2CCC(F)(F)C2)CCN1Cc1c(-c2cccc(C(F)(F)F)c2)nc2ccc(S(C)(=O)=O)cc2c1C(=O)[O-]. The molecule has 0 aliphatic carbocycles. The number of hydrogen-bond acceptors (Lipinski definition) is 7. The number of pyridine rings is 1. The summed E-state index contributed by atoms with van der Waals surface area (Å²) in [6.07, 6.45) is -2.80. The summed E-state index contributed by atoms with van der Waals surface area (Å²) in [4.78, 5) is 20.8. The Balaban J connectivity index is 1.61. The number of benzene rings is 2. The third-order valence-electron chi connectivity index (χ3n) is 8.22. The molecule has 2 saturated heterocycles. The molecular weight excluding hydrogens is 581 g/mol. The number of aromatic nitrogens is 1. The number of aromatic carboxylic acids is 1. The Morgan fingerprint density at radius 1 is 1.14 bits per heavy atom. The molecule has 0 spiro atoms. The van der Waals surface area contributed by atoms with Crippen LogP contribution >= 0.6 is 0 Å². The summed E-state index contributed by atoms with van der Waals surface area (Å²) in [7, 11) is -3.73. The van der Waals surface area contributed by atoms with Gasteiger partial charge in [-0.2, -0.15) is 13.2 Å². The van der Waals surface area contributed by atoms with Crippen molar-refractivity contribution in [3.63, 3.8) is 0 Å². The molecule has 7 nitrogen and oxygen atoms in total. The minimum atomic E-state index is -4.66. The molecule has 2 aromatic carbocycles. The highest BCUT2D eigenvalue weighted by molar-refractivity contribution is 7.90. The van der Waals surface area contributed by atoms with Crippen molar-refractivity contribution in [2.75, 3.05) is 25.9 Å². The van der Waals surface area contributed by atoms with E-state index < -0.39 is 33.5 Å². The Labute approximate surface area is 239 Å². The Hall–Kier alpha value is -3.16. The molecule has 226 valence electrons. The Bertz CT molecular complexity index is 1640. The van der Waals surface area contributed by atoms with Gasteiger partial charge < -0.3 is 9.90 Å². The number of halogens is 5. The van der Waals surface area contributed by atoms with Crippen molar-refractivity contribution < 1.29 is 40.3 Å². The maximum absolute atomic E-state index is 13.8. The zero-order valence-corrected chi connectivity index (χ0v) is 23.7. The lowest BCUT2D eigenvalue weighted by atomic mass is 9.92. The number of nitrogens with zero attached hydrogens (tertiary/aromatic N) is 3. The second kappa shape index (κ2) is 10.8. The van der Waals surface area contributed by atoms with Gasteiger partial charge in [0.2, 0.25) is 0 Å². The number of carboxylic acid groups (broad SMARTS) is 1. The van der Waals surface area contributed by atoms with Crippen LogP contribution < -0.4 is 5.11 Å². The first-order valence-corrected chi connectivity index (χ1v) is 15.3. The van der Waals surface area contributed by atoms with Crippen LogP contribution in [0.2, 0.25) is 0 Å². The van der Waals surface area contributed by atoms with Crippen LogP contribution in [0, 0.1) is 0 Å². The zero-order chi connectivity index (χ0) is 30.6. The average molecular weight is 611 g/mol. The minimum absolute atomic E-state index is 0.00779. The molecule has 2 aliphatic rings. The maximum Gasteiger partial charge on any atom is 0.416 e. The monoisotopic (exact) mass is 610 g/mol. The summed E-state index contributed by atoms with van der Waals surface area (Å²) in [5.74, 6) is -4.36. The van der Waals surface area contributed by atoms with Gasteiger partial charge in [0.25, 0.3) is 5.92 Å². The average Bonchev–Trinajstić information content (AvgIpc) is 3.27. The summed E-state index contributed by atoms with van der Waals surface area (Å²) in [6.45, 7) is 2.25. The van der Waals surface area contributed by atoms with Gasteiger partial charge in [-0.15, -0.1) is 0 Å². The van der Waals surface area contributed by atoms with Crippen LogP contribution in [0.4, 0.5) is 22.0 Å². The third kappa shape index (κ3) is 6.13. The summed E-state index contributed by atoms with van der Waals surface area (Å²) in [5.41, 5.74) is -1.07. The van der Waals surface area contributed by atoms with Gasteiger partial charge in [-0.3, -0.25) is 9.80 Å². The van der Waals surface area contributed by atoms with E-state index in [1.54, 1.807) is 4.90 Å². The Kier molecular flexibility index (Phi) is 7.82. The van der Waals surface area contributed by atoms with Crippen LogP contribution in [0.3, 0.4) is 0 Å². The van der Waals surface area contributed by atoms with Crippen molar-refractivity contribution in [2.45, 2.75) is 61.8 Å². The summed E-state index contributed by atoms with van der Waals surface area (Å²) in [5, 5.41) is 12.6. The van der Waals surface area contributed by atoms with Crippen molar-refractivity contribution in [3.8, 4) is 11.3 Å². The number of fused-ring (bicyclic) bond motifs is 1. The fourth-order valence-corrected chi connectivity index (χ4v) is 6.67. The predicted octanol–water partition coefficient (Wildman–Crippen LogP) is 4.38. The molecule has 0 bridgehead atoms. The molecule has 2 fully saturated rings. The predicted molar refractivity (Wildman–Crippen MR) is 144 cm³/mol. The molecule has 3 heterocycles. The molecule has 3 aromatic rings. The number of carbonyl (C=O) groups is 1. The summed E-state index contributed by atoms with van der Waals surface area (Å²) in [6, 6.07) is 7.90. The lowest BCUT2D eigenvalue weighted by Gasteiger charge is -2.41. The summed E-state index contributed by atoms with van der Waals surface area (Å²) >= 11 is 0. The van der Waals surface area contributed by atoms with Crippen LogP contribution in [0.1, 0.15) is 47.7 Å². The van der Waals surface area contributed by atoms with Crippen molar-refractivity contribution in [1.82, 2.24) is 14.8 Å². The number of likely N-dealkylation sites (tertiary alicyclic amines) is 2. The first-order chi connectivity index (χ1) is 19.5. The molecular formula is C29H29F5N3O4S-. The molecule has 2 atom stereocenters. The first kappa shape index (κ1) is 30.3. The number of carboxylic acids is 1. The molecule has 1 aromatic heterocycles. The van der Waals surface area contributed by atoms with Crippen molar-refractivity contribution in [1.29, 1.82) is 0 Å². The molecule has 0 radical (unpaired) electrons. The minimum Gasteiger partial charge on any atom is -0.545 e. The molecule has 5 rings (SSSR count). The van der Waals surface area contributed by atoms with Crippen LogP contribution in [-0.2, 0) is 22.6 Å². The van der Waals surface area contributed by atoms with E-state index in [-0.39, 0.29) is 76.3 Å². The molecule has 0 N–H and O–H groups in total. The molecule has 13 heteroatoms. The normalized spacial score (nSPS) is 22.1. The van der Waals surface area contributed by atoms with Crippen molar-refractivity contribution in [2.24, 2.45) is 0 Å². The fraction of sp³-hybridized carbons (Fsp3) is 0.448. The smallest absolute Gasteiger partial charge is 0.416 e. The highest BCUT2D eigenvalue weighted by Gasteiger charge is 2.42. The van der Waals surface area contributed by atoms with Gasteiger partial charge in [-0.25, -0.2) is 22.2 Å². The molecule has 42 heavy (non-hydrogen) atoms. The number of alkyl halides is 5. The van der Waals surface area contributed by atoms with Crippen LogP contribution in [0.5, 0.6) is 0 Å². The third-order valence-corrected chi connectivity index (χ3v) is 9.33. The molecule has 2 unspecified atom stereocenters. The molecule has 0 amide bonds. The lowest BCUT2D eigenvalue weighted by molar-refractivity contribution is -0.254. The second-order valence-corrected chi connectivity index (χ2v) is 13.2. The van der Waals surface area contributed by atoms with Gasteiger partial charge in [0.05, 0.1) is 34.2 Å². The van der Waals surface area contributed by atoms with Crippen molar-refractivity contribution >= 4 is 26.7 Å². The van der Waals surface area contributed by atoms with E-state index in [4.69, 9.17) is 0 Å². The van der Waals surface area contributed by atoms with Crippen LogP contribution in [0.25, 0.3) is 22.2 Å². The van der Waals surface area contributed by atoms with E-state index in [0.717, 1.165) is 18.4 Å². The van der Waals surface area contributed by atoms with E-state index >= 15 is 0 Å². The molecule has 0 saturated carbocycles. The van der Waals surface area contributed by atoms with Gasteiger partial charge in [0.1, 0.15) is 0 Å². The number of piperidine rings is 1. The summed E-state index contributed by atoms with van der Waals surface area (Å²) < 4.78 is 93.0. The van der Waals surface area contributed by atoms with Crippen LogP contribution in [0.15, 0.2) is 47.4 Å². The van der Waals surface area contributed by atoms with E-state index in [2.05, 4.69) is 4.98 Å². The first-order valence-electron chi connectivity index (χ1n) is 13.4. The standard InChI is InChI=1S/C29H30F5N3O4S/c1-17-12-20(37-11-9-28(30,31)16-37)8-10-36(17)15-23-25(27(38)39)22-14-21(42(2,40)41)6-7-24(22)35-26(23)18-4-3-5-19(13-18)29(32,33)34/h3-7,13-14,17,20H,8-12,15-16H2,1-2H3,(H,38,39)/p-1. The van der Waals surface area contributed by atoms with Crippen molar-refractivity contribution in [3.05, 3.63) is 59.2 Å². The Morgan fingerprint density at radius 2 is 1.88 bits per heavy atom. The highest BCUT2D eigenvalue weighted by atomic mass is 32.2. The largest absolute Gasteiger partial charge is 0.545 e. The quantitative estimate of drug-likeness (QED) is 0.383. The van der Waals surface area contributed by atoms with E-state index in [1.807, 2.05) is 11.8 Å². The van der Waals surface area contributed by atoms with Crippen LogP contribution in [-0.4, -0.2) is 73.1 Å². The lowest BCUT2D eigenvalue weighted by Crippen LogP contribution is -2.48. The molecule has 2 aliphatic heterocycles. The number of sulfone groups is 1. The number of carbonyl (C=O) groups excluding carboxylic acids is 1. The van der Waals surface area contributed by atoms with Gasteiger partial charge in [0, 0.05) is 66.5 Å². The van der Waals surface area contributed by atoms with Gasteiger partial charge >= 0.3 is 6.18 Å².